The van der Waals surface area contributed by atoms with Crippen LogP contribution in [0.15, 0.2) is 72.9 Å². The predicted molar refractivity (Wildman–Crippen MR) is 105 cm³/mol. The van der Waals surface area contributed by atoms with E-state index in [0.717, 1.165) is 5.56 Å². The molecule has 1 heterocycles. The second-order valence-corrected chi connectivity index (χ2v) is 6.55. The molecule has 0 aliphatic heterocycles. The van der Waals surface area contributed by atoms with Gasteiger partial charge in [-0.1, -0.05) is 42.5 Å². The fraction of sp³-hybridized carbons (Fsp3) is 0.182. The van der Waals surface area contributed by atoms with E-state index in [4.69, 9.17) is 0 Å². The van der Waals surface area contributed by atoms with E-state index < -0.39 is 0 Å². The van der Waals surface area contributed by atoms with Crippen molar-refractivity contribution in [1.29, 1.82) is 0 Å². The summed E-state index contributed by atoms with van der Waals surface area (Å²) in [4.78, 5) is 19.0. The zero-order valence-corrected chi connectivity index (χ0v) is 15.4. The summed E-state index contributed by atoms with van der Waals surface area (Å²) < 4.78 is 13.7. The van der Waals surface area contributed by atoms with Crippen LogP contribution < -0.4 is 5.32 Å². The van der Waals surface area contributed by atoms with Crippen molar-refractivity contribution in [2.45, 2.75) is 26.4 Å². The number of amides is 1. The summed E-state index contributed by atoms with van der Waals surface area (Å²) >= 11 is 0. The molecule has 0 radical (unpaired) electrons. The Kier molecular flexibility index (Phi) is 5.81. The number of halogens is 1. The van der Waals surface area contributed by atoms with Crippen LogP contribution in [0.1, 0.15) is 29.9 Å². The lowest BCUT2D eigenvalue weighted by Gasteiger charge is -2.26. The number of rotatable bonds is 6. The number of carbonyl (C=O) groups is 1. The van der Waals surface area contributed by atoms with Crippen LogP contribution >= 0.6 is 0 Å². The second kappa shape index (κ2) is 8.45. The van der Waals surface area contributed by atoms with Crippen LogP contribution in [0.3, 0.4) is 0 Å². The topological polar surface area (TPSA) is 45.2 Å². The zero-order valence-electron chi connectivity index (χ0n) is 15.4. The van der Waals surface area contributed by atoms with Crippen molar-refractivity contribution in [3.8, 4) is 0 Å². The largest absolute Gasteiger partial charge is 0.352 e. The third kappa shape index (κ3) is 4.70. The van der Waals surface area contributed by atoms with E-state index in [0.29, 0.717) is 23.6 Å². The van der Waals surface area contributed by atoms with Gasteiger partial charge in [-0.25, -0.2) is 9.37 Å². The molecule has 0 spiro atoms. The number of nitrogens with zero attached hydrogens (tertiary/aromatic N) is 2. The van der Waals surface area contributed by atoms with E-state index in [1.165, 1.54) is 6.07 Å². The third-order valence-corrected chi connectivity index (χ3v) is 4.22. The average molecular weight is 363 g/mol. The minimum Gasteiger partial charge on any atom is -0.352 e. The molecule has 0 bridgehead atoms. The highest BCUT2D eigenvalue weighted by atomic mass is 19.1. The quantitative estimate of drug-likeness (QED) is 0.669. The van der Waals surface area contributed by atoms with Gasteiger partial charge in [0.05, 0.1) is 17.6 Å². The molecule has 0 atom stereocenters. The molecule has 1 N–H and O–H groups in total. The van der Waals surface area contributed by atoms with Crippen LogP contribution in [0.25, 0.3) is 0 Å². The van der Waals surface area contributed by atoms with Crippen LogP contribution in [0.2, 0.25) is 0 Å². The molecule has 1 amide bonds. The third-order valence-electron chi connectivity index (χ3n) is 4.22. The lowest BCUT2D eigenvalue weighted by atomic mass is 10.1. The molecule has 4 nitrogen and oxygen atoms in total. The summed E-state index contributed by atoms with van der Waals surface area (Å²) in [5.74, 6) is -0.474. The van der Waals surface area contributed by atoms with Gasteiger partial charge in [0.15, 0.2) is 0 Å². The highest BCUT2D eigenvalue weighted by Crippen LogP contribution is 2.20. The fourth-order valence-corrected chi connectivity index (χ4v) is 2.73. The van der Waals surface area contributed by atoms with Gasteiger partial charge < -0.3 is 10.2 Å². The molecule has 27 heavy (non-hydrogen) atoms. The van der Waals surface area contributed by atoms with Crippen molar-refractivity contribution in [2.75, 3.05) is 5.32 Å². The summed E-state index contributed by atoms with van der Waals surface area (Å²) in [6.45, 7) is 4.48. The van der Waals surface area contributed by atoms with Gasteiger partial charge in [0.1, 0.15) is 11.5 Å². The second-order valence-electron chi connectivity index (χ2n) is 6.55. The minimum absolute atomic E-state index is 0.0377. The first kappa shape index (κ1) is 18.6. The van der Waals surface area contributed by atoms with Crippen LogP contribution in [0, 0.1) is 5.82 Å². The van der Waals surface area contributed by atoms with E-state index in [1.807, 2.05) is 44.2 Å². The highest BCUT2D eigenvalue weighted by molar-refractivity contribution is 5.92. The average Bonchev–Trinajstić information content (AvgIpc) is 2.68. The van der Waals surface area contributed by atoms with Crippen LogP contribution in [0.4, 0.5) is 15.8 Å². The van der Waals surface area contributed by atoms with Crippen molar-refractivity contribution in [3.63, 3.8) is 0 Å². The first-order valence-electron chi connectivity index (χ1n) is 8.87. The first-order chi connectivity index (χ1) is 13.0. The SMILES string of the molecule is CC(C)N(Cc1ccccc1)C(=O)c1ccc(Nc2ccccc2F)cn1. The Morgan fingerprint density at radius 3 is 2.37 bits per heavy atom. The minimum atomic E-state index is -0.341. The maximum atomic E-state index is 13.7. The zero-order chi connectivity index (χ0) is 19.2. The number of anilines is 2. The highest BCUT2D eigenvalue weighted by Gasteiger charge is 2.20. The summed E-state index contributed by atoms with van der Waals surface area (Å²) in [7, 11) is 0. The van der Waals surface area contributed by atoms with Crippen LogP contribution in [-0.4, -0.2) is 21.8 Å². The Morgan fingerprint density at radius 2 is 1.74 bits per heavy atom. The molecule has 3 aromatic rings. The number of nitrogens with one attached hydrogen (secondary N) is 1. The summed E-state index contributed by atoms with van der Waals surface area (Å²) in [6.07, 6.45) is 1.54. The van der Waals surface area contributed by atoms with E-state index in [-0.39, 0.29) is 17.8 Å². The Balaban J connectivity index is 1.74. The molecule has 0 saturated heterocycles. The molecule has 0 fully saturated rings. The molecular weight excluding hydrogens is 341 g/mol. The summed E-state index contributed by atoms with van der Waals surface area (Å²) in [5, 5.41) is 2.97. The number of benzene rings is 2. The smallest absolute Gasteiger partial charge is 0.272 e. The van der Waals surface area contributed by atoms with Crippen molar-refractivity contribution in [3.05, 3.63) is 90.0 Å². The number of hydrogen-bond acceptors (Lipinski definition) is 3. The Bertz CT molecular complexity index is 895. The van der Waals surface area contributed by atoms with Crippen LogP contribution in [-0.2, 0) is 6.54 Å². The number of hydrogen-bond donors (Lipinski definition) is 1. The lowest BCUT2D eigenvalue weighted by Crippen LogP contribution is -2.36. The Morgan fingerprint density at radius 1 is 1.04 bits per heavy atom. The van der Waals surface area contributed by atoms with Gasteiger partial charge in [0.2, 0.25) is 0 Å². The van der Waals surface area contributed by atoms with Gasteiger partial charge in [-0.2, -0.15) is 0 Å². The van der Waals surface area contributed by atoms with Gasteiger partial charge in [0.25, 0.3) is 5.91 Å². The predicted octanol–water partition coefficient (Wildman–Crippen LogP) is 5.02. The monoisotopic (exact) mass is 363 g/mol. The first-order valence-corrected chi connectivity index (χ1v) is 8.87. The molecule has 0 aliphatic carbocycles. The Hall–Kier alpha value is -3.21. The van der Waals surface area contributed by atoms with Crippen LogP contribution in [0.5, 0.6) is 0 Å². The Labute approximate surface area is 158 Å². The molecule has 1 aromatic heterocycles. The molecule has 2 aromatic carbocycles. The van der Waals surface area contributed by atoms with E-state index in [2.05, 4.69) is 10.3 Å². The number of para-hydroxylation sites is 1. The number of aromatic nitrogens is 1. The molecule has 0 unspecified atom stereocenters. The number of pyridine rings is 1. The fourth-order valence-electron chi connectivity index (χ4n) is 2.73. The van der Waals surface area contributed by atoms with Crippen molar-refractivity contribution in [2.24, 2.45) is 0 Å². The van der Waals surface area contributed by atoms with Crippen molar-refractivity contribution < 1.29 is 9.18 Å². The lowest BCUT2D eigenvalue weighted by molar-refractivity contribution is 0.0684. The van der Waals surface area contributed by atoms with Gasteiger partial charge in [0, 0.05) is 12.6 Å². The summed E-state index contributed by atoms with van der Waals surface area (Å²) in [5.41, 5.74) is 2.41. The molecule has 3 rings (SSSR count). The maximum absolute atomic E-state index is 13.7. The van der Waals surface area contributed by atoms with Crippen molar-refractivity contribution in [1.82, 2.24) is 9.88 Å². The van der Waals surface area contributed by atoms with Gasteiger partial charge in [-0.15, -0.1) is 0 Å². The standard InChI is InChI=1S/C22H22FN3O/c1-16(2)26(15-17-8-4-3-5-9-17)22(27)21-13-12-18(14-24-21)25-20-11-7-6-10-19(20)23/h3-14,16,25H,15H2,1-2H3. The number of carbonyl (C=O) groups excluding carboxylic acids is 1. The molecule has 138 valence electrons. The van der Waals surface area contributed by atoms with E-state index in [9.17, 15) is 9.18 Å². The molecule has 0 aliphatic rings. The normalized spacial score (nSPS) is 10.7. The summed E-state index contributed by atoms with van der Waals surface area (Å²) in [6, 6.07) is 19.7. The van der Waals surface area contributed by atoms with E-state index >= 15 is 0 Å². The molecular formula is C22H22FN3O. The van der Waals surface area contributed by atoms with Gasteiger partial charge in [-0.05, 0) is 43.7 Å². The van der Waals surface area contributed by atoms with E-state index in [1.54, 1.807) is 41.4 Å². The van der Waals surface area contributed by atoms with Crippen molar-refractivity contribution >= 4 is 17.3 Å². The van der Waals surface area contributed by atoms with Gasteiger partial charge in [-0.3, -0.25) is 4.79 Å². The van der Waals surface area contributed by atoms with Gasteiger partial charge >= 0.3 is 0 Å². The molecule has 0 saturated carbocycles. The molecule has 5 heteroatoms. The maximum Gasteiger partial charge on any atom is 0.272 e.